The van der Waals surface area contributed by atoms with Crippen LogP contribution in [0, 0.1) is 17.8 Å². The first-order valence-corrected chi connectivity index (χ1v) is 17.9. The first kappa shape index (κ1) is 35.3. The van der Waals surface area contributed by atoms with Crippen LogP contribution < -0.4 is 5.32 Å². The fourth-order valence-electron chi connectivity index (χ4n) is 7.64. The second-order valence-corrected chi connectivity index (χ2v) is 14.2. The molecule has 2 N–H and O–H groups in total. The number of benzene rings is 1. The van der Waals surface area contributed by atoms with Gasteiger partial charge in [0.1, 0.15) is 29.8 Å². The number of allylic oxidation sites excluding steroid dienone is 1. The lowest BCUT2D eigenvalue weighted by atomic mass is 9.74. The quantitative estimate of drug-likeness (QED) is 0.221. The van der Waals surface area contributed by atoms with E-state index in [1.165, 1.54) is 4.90 Å². The van der Waals surface area contributed by atoms with Crippen molar-refractivity contribution in [2.45, 2.75) is 102 Å². The molecule has 0 aromatic heterocycles. The number of aliphatic hydroxyl groups is 1. The monoisotopic (exact) mass is 713 g/mol. The number of cyclic esters (lactones) is 1. The van der Waals surface area contributed by atoms with Gasteiger partial charge in [0.25, 0.3) is 0 Å². The van der Waals surface area contributed by atoms with E-state index < -0.39 is 59.6 Å². The van der Waals surface area contributed by atoms with Gasteiger partial charge in [-0.1, -0.05) is 98.4 Å². The number of hydrogen-bond donors (Lipinski definition) is 2. The maximum absolute atomic E-state index is 14.8. The highest BCUT2D eigenvalue weighted by Gasteiger charge is 2.75. The Labute approximate surface area is 286 Å². The van der Waals surface area contributed by atoms with E-state index in [2.05, 4.69) is 28.2 Å². The number of fused-ring (bicyclic) bond motifs is 2. The molecule has 5 bridgehead atoms. The molecule has 1 aromatic rings. The molecule has 1 aromatic carbocycles. The molecule has 0 radical (unpaired) electrons. The SMILES string of the molecule is CCCCCN1C/C=C\CCC(=O)N[C@@H](C)[C@H](c2ccccc2)OC(=O)[C@H]2[C@@H]3O[C@@]4(C=C3Br)[C@@H]2C(=O)N([C@@H](CO)[C@@H](C)CC)[C@@H]4C1=O. The predicted molar refractivity (Wildman–Crippen MR) is 180 cm³/mol. The topological polar surface area (TPSA) is 125 Å². The number of halogens is 1. The van der Waals surface area contributed by atoms with Gasteiger partial charge in [-0.2, -0.15) is 0 Å². The third-order valence-corrected chi connectivity index (χ3v) is 11.0. The number of nitrogens with one attached hydrogen (secondary N) is 1. The van der Waals surface area contributed by atoms with Crippen LogP contribution in [-0.4, -0.2) is 88.1 Å². The molecule has 9 atom stereocenters. The van der Waals surface area contributed by atoms with Crippen molar-refractivity contribution >= 4 is 39.6 Å². The van der Waals surface area contributed by atoms with Gasteiger partial charge in [-0.25, -0.2) is 0 Å². The van der Waals surface area contributed by atoms with E-state index >= 15 is 0 Å². The van der Waals surface area contributed by atoms with Gasteiger partial charge in [0.2, 0.25) is 17.7 Å². The molecule has 3 amide bonds. The molecule has 0 aliphatic carbocycles. The summed E-state index contributed by atoms with van der Waals surface area (Å²) in [7, 11) is 0. The summed E-state index contributed by atoms with van der Waals surface area (Å²) in [6.45, 7) is 8.27. The Morgan fingerprint density at radius 1 is 1.06 bits per heavy atom. The van der Waals surface area contributed by atoms with E-state index in [9.17, 15) is 24.3 Å². The van der Waals surface area contributed by atoms with E-state index in [0.717, 1.165) is 19.3 Å². The zero-order valence-corrected chi connectivity index (χ0v) is 29.4. The van der Waals surface area contributed by atoms with E-state index in [4.69, 9.17) is 9.47 Å². The molecule has 2 saturated heterocycles. The second-order valence-electron chi connectivity index (χ2n) is 13.3. The molecule has 4 heterocycles. The number of unbranched alkanes of at least 4 members (excludes halogenated alkanes) is 2. The van der Waals surface area contributed by atoms with E-state index in [1.807, 2.05) is 56.3 Å². The Morgan fingerprint density at radius 3 is 2.49 bits per heavy atom. The molecular formula is C36H48BrN3O7. The Kier molecular flexibility index (Phi) is 11.3. The Hall–Kier alpha value is -3.02. The molecule has 11 heteroatoms. The van der Waals surface area contributed by atoms with Crippen molar-refractivity contribution in [3.05, 3.63) is 58.6 Å². The van der Waals surface area contributed by atoms with Crippen molar-refractivity contribution in [1.29, 1.82) is 0 Å². The molecule has 256 valence electrons. The fourth-order valence-corrected chi connectivity index (χ4v) is 8.37. The standard InChI is InChI=1S/C36H48BrN3O7/c1-5-7-13-18-39-19-14-9-12-17-27(42)38-23(4)30(24-15-10-8-11-16-24)46-35(45)28-29-33(43)40(26(21-41)22(3)6-2)32(34(39)44)36(29)20-25(37)31(28)47-36/h8-11,14-16,20,22-23,26,28-32,41H,5-7,12-13,17-19,21H2,1-4H3,(H,38,42)/b14-9-/t22-,23-,26-,28+,29-,30+,31+,32+,36-/m0/s1. The van der Waals surface area contributed by atoms with Crippen LogP contribution in [-0.2, 0) is 28.7 Å². The zero-order chi connectivity index (χ0) is 33.9. The van der Waals surface area contributed by atoms with E-state index in [0.29, 0.717) is 36.0 Å². The van der Waals surface area contributed by atoms with Crippen molar-refractivity contribution in [2.24, 2.45) is 17.8 Å². The summed E-state index contributed by atoms with van der Waals surface area (Å²) in [5, 5.41) is 13.7. The minimum absolute atomic E-state index is 0.122. The summed E-state index contributed by atoms with van der Waals surface area (Å²) in [6, 6.07) is 6.90. The van der Waals surface area contributed by atoms with Gasteiger partial charge in [-0.3, -0.25) is 19.2 Å². The molecular weight excluding hydrogens is 666 g/mol. The van der Waals surface area contributed by atoms with Crippen molar-refractivity contribution in [1.82, 2.24) is 15.1 Å². The first-order chi connectivity index (χ1) is 22.6. The maximum Gasteiger partial charge on any atom is 0.313 e. The van der Waals surface area contributed by atoms with Crippen molar-refractivity contribution in [3.8, 4) is 0 Å². The lowest BCUT2D eigenvalue weighted by molar-refractivity contribution is -0.162. The van der Waals surface area contributed by atoms with Gasteiger partial charge in [0.15, 0.2) is 0 Å². The summed E-state index contributed by atoms with van der Waals surface area (Å²) >= 11 is 3.62. The van der Waals surface area contributed by atoms with Crippen LogP contribution in [0.3, 0.4) is 0 Å². The van der Waals surface area contributed by atoms with Gasteiger partial charge >= 0.3 is 5.97 Å². The van der Waals surface area contributed by atoms with Crippen molar-refractivity contribution in [2.75, 3.05) is 19.7 Å². The number of likely N-dealkylation sites (tertiary alicyclic amines) is 1. The van der Waals surface area contributed by atoms with Crippen molar-refractivity contribution < 1.29 is 33.8 Å². The number of carbonyl (C=O) groups excluding carboxylic acids is 4. The number of nitrogens with zero attached hydrogens (tertiary/aromatic N) is 2. The minimum atomic E-state index is -1.43. The average Bonchev–Trinajstić information content (AvgIpc) is 3.65. The number of hydrogen-bond acceptors (Lipinski definition) is 7. The highest BCUT2D eigenvalue weighted by molar-refractivity contribution is 9.11. The Balaban J connectivity index is 1.63. The lowest BCUT2D eigenvalue weighted by Gasteiger charge is -2.40. The summed E-state index contributed by atoms with van der Waals surface area (Å²) in [5.41, 5.74) is -0.725. The molecule has 2 fully saturated rings. The Bertz CT molecular complexity index is 1390. The van der Waals surface area contributed by atoms with Gasteiger partial charge < -0.3 is 29.7 Å². The van der Waals surface area contributed by atoms with Crippen LogP contribution in [0.15, 0.2) is 53.0 Å². The smallest absolute Gasteiger partial charge is 0.313 e. The number of carbonyl (C=O) groups is 4. The highest BCUT2D eigenvalue weighted by Crippen LogP contribution is 2.59. The molecule has 47 heavy (non-hydrogen) atoms. The van der Waals surface area contributed by atoms with Crippen LogP contribution in [0.5, 0.6) is 0 Å². The molecule has 0 unspecified atom stereocenters. The first-order valence-electron chi connectivity index (χ1n) is 17.1. The molecule has 5 rings (SSSR count). The number of amides is 3. The van der Waals surface area contributed by atoms with Gasteiger partial charge in [-0.05, 0) is 37.3 Å². The lowest BCUT2D eigenvalue weighted by Crippen LogP contribution is -2.59. The highest BCUT2D eigenvalue weighted by atomic mass is 79.9. The second kappa shape index (κ2) is 15.0. The molecule has 0 saturated carbocycles. The van der Waals surface area contributed by atoms with Crippen LogP contribution in [0.25, 0.3) is 0 Å². The van der Waals surface area contributed by atoms with Crippen molar-refractivity contribution in [3.63, 3.8) is 0 Å². The summed E-state index contributed by atoms with van der Waals surface area (Å²) in [6.07, 6.45) is 7.99. The third-order valence-electron chi connectivity index (χ3n) is 10.3. The molecule has 4 aliphatic heterocycles. The van der Waals surface area contributed by atoms with Gasteiger partial charge in [0.05, 0.1) is 24.6 Å². The number of rotatable bonds is 9. The van der Waals surface area contributed by atoms with Gasteiger partial charge in [-0.15, -0.1) is 0 Å². The summed E-state index contributed by atoms with van der Waals surface area (Å²) < 4.78 is 13.5. The predicted octanol–water partition coefficient (Wildman–Crippen LogP) is 4.42. The largest absolute Gasteiger partial charge is 0.455 e. The third kappa shape index (κ3) is 6.68. The van der Waals surface area contributed by atoms with Crippen LogP contribution in [0.2, 0.25) is 0 Å². The van der Waals surface area contributed by atoms with E-state index in [1.54, 1.807) is 17.9 Å². The van der Waals surface area contributed by atoms with E-state index in [-0.39, 0.29) is 30.8 Å². The fraction of sp³-hybridized carbons (Fsp3) is 0.611. The van der Waals surface area contributed by atoms with Crippen LogP contribution >= 0.6 is 15.9 Å². The zero-order valence-electron chi connectivity index (χ0n) is 27.8. The summed E-state index contributed by atoms with van der Waals surface area (Å²) in [4.78, 5) is 60.1. The summed E-state index contributed by atoms with van der Waals surface area (Å²) in [5.74, 6) is -3.70. The number of esters is 1. The number of aliphatic hydroxyl groups excluding tert-OH is 1. The average molecular weight is 715 g/mol. The Morgan fingerprint density at radius 2 is 1.81 bits per heavy atom. The van der Waals surface area contributed by atoms with Gasteiger partial charge in [0, 0.05) is 24.0 Å². The molecule has 10 nitrogen and oxygen atoms in total. The normalized spacial score (nSPS) is 33.3. The van der Waals surface area contributed by atoms with Crippen LogP contribution in [0.1, 0.15) is 77.9 Å². The van der Waals surface area contributed by atoms with Crippen LogP contribution in [0.4, 0.5) is 0 Å². The number of ether oxygens (including phenoxy) is 2. The molecule has 4 aliphatic rings. The minimum Gasteiger partial charge on any atom is -0.455 e. The maximum atomic E-state index is 14.8. The molecule has 1 spiro atoms.